The summed E-state index contributed by atoms with van der Waals surface area (Å²) < 4.78 is 2.10. The molecule has 0 spiro atoms. The molecule has 12 heavy (non-hydrogen) atoms. The number of nitrogens with zero attached hydrogens (tertiary/aromatic N) is 4. The van der Waals surface area contributed by atoms with Crippen molar-refractivity contribution in [3.05, 3.63) is 18.9 Å². The van der Waals surface area contributed by atoms with E-state index in [1.807, 2.05) is 6.33 Å². The molecule has 2 aromatic rings. The molecule has 2 heterocycles. The molecule has 0 aromatic carbocycles. The second kappa shape index (κ2) is 3.21. The molecule has 0 amide bonds. The molecule has 2 rings (SSSR count). The predicted octanol–water partition coefficient (Wildman–Crippen LogP) is 0.732. The summed E-state index contributed by atoms with van der Waals surface area (Å²) >= 11 is 0.434. The Hall–Kier alpha value is -0.931. The van der Waals surface area contributed by atoms with Crippen LogP contribution in [-0.2, 0) is 0 Å². The number of rotatable bonds is 2. The zero-order chi connectivity index (χ0) is 8.39. The second-order valence-corrected chi connectivity index (χ2v) is 4.80. The molecule has 0 N–H and O–H groups in total. The fraction of sp³-hybridized carbons (Fsp3) is 0.286. The van der Waals surface area contributed by atoms with E-state index in [1.165, 1.54) is 0 Å². The standard InChI is InChI=1S/C7H8N4Se/c1-2-12-11-5-10-6-3-8-4-9-7(6)11/h3-5H,2H2,1H3. The van der Waals surface area contributed by atoms with Crippen molar-refractivity contribution in [2.75, 3.05) is 0 Å². The molecule has 0 aliphatic heterocycles. The van der Waals surface area contributed by atoms with E-state index in [-0.39, 0.29) is 0 Å². The summed E-state index contributed by atoms with van der Waals surface area (Å²) in [6.45, 7) is 2.16. The van der Waals surface area contributed by atoms with Crippen LogP contribution in [0.5, 0.6) is 0 Å². The first-order valence-corrected chi connectivity index (χ1v) is 5.66. The Morgan fingerprint density at radius 3 is 3.25 bits per heavy atom. The normalized spacial score (nSPS) is 10.8. The SMILES string of the molecule is CC[Se]n1cnc2cncnc21. The Balaban J connectivity index is 2.55. The van der Waals surface area contributed by atoms with Crippen LogP contribution in [0, 0.1) is 0 Å². The number of imidazole rings is 1. The van der Waals surface area contributed by atoms with E-state index >= 15 is 0 Å². The Bertz CT molecular complexity index is 384. The van der Waals surface area contributed by atoms with Gasteiger partial charge in [-0.2, -0.15) is 0 Å². The number of aromatic nitrogens is 4. The van der Waals surface area contributed by atoms with Crippen molar-refractivity contribution < 1.29 is 0 Å². The van der Waals surface area contributed by atoms with Gasteiger partial charge in [-0.25, -0.2) is 0 Å². The Morgan fingerprint density at radius 2 is 2.42 bits per heavy atom. The van der Waals surface area contributed by atoms with Gasteiger partial charge in [0, 0.05) is 0 Å². The third-order valence-electron chi connectivity index (χ3n) is 1.45. The average molecular weight is 227 g/mol. The third kappa shape index (κ3) is 1.21. The van der Waals surface area contributed by atoms with E-state index in [0.29, 0.717) is 15.2 Å². The summed E-state index contributed by atoms with van der Waals surface area (Å²) in [6.07, 6.45) is 5.14. The molecule has 0 aliphatic carbocycles. The molecule has 0 atom stereocenters. The molecule has 0 radical (unpaired) electrons. The number of hydrogen-bond donors (Lipinski definition) is 0. The molecule has 62 valence electrons. The summed E-state index contributed by atoms with van der Waals surface area (Å²) in [5.41, 5.74) is 1.83. The molecule has 4 nitrogen and oxygen atoms in total. The first-order valence-electron chi connectivity index (χ1n) is 3.68. The summed E-state index contributed by atoms with van der Waals surface area (Å²) in [5, 5.41) is 1.16. The van der Waals surface area contributed by atoms with Gasteiger partial charge < -0.3 is 0 Å². The summed E-state index contributed by atoms with van der Waals surface area (Å²) in [4.78, 5) is 12.3. The molecular formula is C7H8N4Se. The van der Waals surface area contributed by atoms with Crippen molar-refractivity contribution in [2.45, 2.75) is 12.2 Å². The van der Waals surface area contributed by atoms with E-state index in [2.05, 4.69) is 25.5 Å². The summed E-state index contributed by atoms with van der Waals surface area (Å²) in [7, 11) is 0. The van der Waals surface area contributed by atoms with Gasteiger partial charge in [-0.15, -0.1) is 0 Å². The molecule has 0 saturated heterocycles. The Morgan fingerprint density at radius 1 is 1.50 bits per heavy atom. The minimum atomic E-state index is 0.434. The first-order chi connectivity index (χ1) is 5.92. The predicted molar refractivity (Wildman–Crippen MR) is 47.0 cm³/mol. The van der Waals surface area contributed by atoms with Crippen molar-refractivity contribution in [3.63, 3.8) is 0 Å². The molecular weight excluding hydrogens is 219 g/mol. The monoisotopic (exact) mass is 228 g/mol. The fourth-order valence-corrected chi connectivity index (χ4v) is 2.35. The maximum absolute atomic E-state index is 4.19. The topological polar surface area (TPSA) is 43.6 Å². The zero-order valence-corrected chi connectivity index (χ0v) is 8.35. The van der Waals surface area contributed by atoms with Gasteiger partial charge in [0.2, 0.25) is 0 Å². The van der Waals surface area contributed by atoms with Gasteiger partial charge in [0.25, 0.3) is 0 Å². The van der Waals surface area contributed by atoms with Crippen LogP contribution >= 0.6 is 0 Å². The Labute approximate surface area is 76.4 Å². The molecule has 0 fully saturated rings. The number of fused-ring (bicyclic) bond motifs is 1. The van der Waals surface area contributed by atoms with Gasteiger partial charge in [0.1, 0.15) is 0 Å². The van der Waals surface area contributed by atoms with Crippen LogP contribution in [0.2, 0.25) is 5.32 Å². The molecule has 0 saturated carbocycles. The number of hydrogen-bond acceptors (Lipinski definition) is 3. The van der Waals surface area contributed by atoms with E-state index < -0.39 is 0 Å². The van der Waals surface area contributed by atoms with Crippen LogP contribution in [0.3, 0.4) is 0 Å². The molecule has 5 heteroatoms. The van der Waals surface area contributed by atoms with Crippen LogP contribution in [0.4, 0.5) is 0 Å². The van der Waals surface area contributed by atoms with Gasteiger partial charge in [-0.3, -0.25) is 0 Å². The van der Waals surface area contributed by atoms with Gasteiger partial charge >= 0.3 is 76.0 Å². The first kappa shape index (κ1) is 7.70. The third-order valence-corrected chi connectivity index (χ3v) is 3.14. The van der Waals surface area contributed by atoms with Crippen LogP contribution in [-0.4, -0.2) is 33.7 Å². The summed E-state index contributed by atoms with van der Waals surface area (Å²) in [6, 6.07) is 0. The quantitative estimate of drug-likeness (QED) is 0.710. The molecule has 0 aliphatic rings. The molecule has 2 aromatic heterocycles. The van der Waals surface area contributed by atoms with Gasteiger partial charge in [0.15, 0.2) is 0 Å². The van der Waals surface area contributed by atoms with Crippen LogP contribution in [0.15, 0.2) is 18.9 Å². The van der Waals surface area contributed by atoms with E-state index in [9.17, 15) is 0 Å². The van der Waals surface area contributed by atoms with E-state index in [4.69, 9.17) is 0 Å². The van der Waals surface area contributed by atoms with Gasteiger partial charge in [-0.05, 0) is 0 Å². The van der Waals surface area contributed by atoms with Crippen LogP contribution in [0.1, 0.15) is 6.92 Å². The average Bonchev–Trinajstić information content (AvgIpc) is 2.50. The van der Waals surface area contributed by atoms with Crippen molar-refractivity contribution in [1.82, 2.24) is 18.5 Å². The van der Waals surface area contributed by atoms with E-state index in [1.54, 1.807) is 12.5 Å². The minimum absolute atomic E-state index is 0.434. The van der Waals surface area contributed by atoms with Crippen molar-refractivity contribution in [1.29, 1.82) is 0 Å². The van der Waals surface area contributed by atoms with Crippen molar-refractivity contribution in [3.8, 4) is 0 Å². The fourth-order valence-electron chi connectivity index (χ4n) is 0.980. The second-order valence-electron chi connectivity index (χ2n) is 2.22. The van der Waals surface area contributed by atoms with Gasteiger partial charge in [-0.1, -0.05) is 0 Å². The van der Waals surface area contributed by atoms with Crippen LogP contribution < -0.4 is 0 Å². The zero-order valence-electron chi connectivity index (χ0n) is 6.64. The van der Waals surface area contributed by atoms with Crippen molar-refractivity contribution in [2.24, 2.45) is 0 Å². The van der Waals surface area contributed by atoms with E-state index in [0.717, 1.165) is 16.5 Å². The molecule has 0 unspecified atom stereocenters. The summed E-state index contributed by atoms with van der Waals surface area (Å²) in [5.74, 6) is 0. The molecule has 0 bridgehead atoms. The van der Waals surface area contributed by atoms with Crippen molar-refractivity contribution >= 4 is 26.3 Å². The van der Waals surface area contributed by atoms with Crippen LogP contribution in [0.25, 0.3) is 11.2 Å². The maximum atomic E-state index is 4.19. The van der Waals surface area contributed by atoms with Gasteiger partial charge in [0.05, 0.1) is 0 Å². The Kier molecular flexibility index (Phi) is 2.06.